The highest BCUT2D eigenvalue weighted by atomic mass is 32.2. The Labute approximate surface area is 171 Å². The molecule has 1 N–H and O–H groups in total. The third kappa shape index (κ3) is 5.16. The average molecular weight is 419 g/mol. The summed E-state index contributed by atoms with van der Waals surface area (Å²) in [5.74, 6) is -0.0495. The van der Waals surface area contributed by atoms with Gasteiger partial charge in [0.1, 0.15) is 0 Å². The van der Waals surface area contributed by atoms with Crippen molar-refractivity contribution in [3.05, 3.63) is 54.1 Å². The number of sulfonamides is 1. The molecule has 1 fully saturated rings. The van der Waals surface area contributed by atoms with Crippen LogP contribution in [-0.2, 0) is 21.2 Å². The Hall–Kier alpha value is -1.83. The molecule has 150 valence electrons. The molecule has 0 aliphatic carbocycles. The molecule has 1 amide bonds. The number of amides is 1. The van der Waals surface area contributed by atoms with E-state index >= 15 is 0 Å². The summed E-state index contributed by atoms with van der Waals surface area (Å²) in [6.07, 6.45) is 5.83. The van der Waals surface area contributed by atoms with E-state index in [2.05, 4.69) is 5.32 Å². The third-order valence-electron chi connectivity index (χ3n) is 4.90. The molecular formula is C21H26N2O3S2. The smallest absolute Gasteiger partial charge is 0.243 e. The zero-order valence-corrected chi connectivity index (χ0v) is 17.7. The molecule has 28 heavy (non-hydrogen) atoms. The molecule has 0 saturated carbocycles. The van der Waals surface area contributed by atoms with Gasteiger partial charge in [-0.1, -0.05) is 30.7 Å². The van der Waals surface area contributed by atoms with Crippen LogP contribution in [-0.4, -0.2) is 38.0 Å². The highest BCUT2D eigenvalue weighted by Crippen LogP contribution is 2.25. The fourth-order valence-corrected chi connectivity index (χ4v) is 5.37. The molecule has 2 aromatic rings. The maximum atomic E-state index is 12.7. The topological polar surface area (TPSA) is 66.5 Å². The van der Waals surface area contributed by atoms with E-state index in [0.717, 1.165) is 35.4 Å². The molecule has 0 aromatic heterocycles. The maximum absolute atomic E-state index is 12.7. The van der Waals surface area contributed by atoms with Crippen LogP contribution in [0.5, 0.6) is 0 Å². The number of piperidine rings is 1. The summed E-state index contributed by atoms with van der Waals surface area (Å²) < 4.78 is 26.9. The molecule has 1 saturated heterocycles. The number of thioether (sulfide) groups is 1. The van der Waals surface area contributed by atoms with Crippen LogP contribution in [0.2, 0.25) is 0 Å². The number of hydrogen-bond donors (Lipinski definition) is 1. The van der Waals surface area contributed by atoms with Crippen molar-refractivity contribution in [1.29, 1.82) is 0 Å². The number of carbonyl (C=O) groups is 1. The molecule has 1 heterocycles. The van der Waals surface area contributed by atoms with Gasteiger partial charge in [-0.15, -0.1) is 11.8 Å². The number of aryl methyl sites for hydroxylation is 1. The van der Waals surface area contributed by atoms with Crippen molar-refractivity contribution < 1.29 is 13.2 Å². The zero-order chi connectivity index (χ0) is 20.0. The van der Waals surface area contributed by atoms with Gasteiger partial charge in [0, 0.05) is 24.4 Å². The van der Waals surface area contributed by atoms with Gasteiger partial charge in [0.05, 0.1) is 10.6 Å². The number of nitrogens with one attached hydrogen (secondary N) is 1. The predicted octanol–water partition coefficient (Wildman–Crippen LogP) is 4.15. The second-order valence-corrected chi connectivity index (χ2v) is 9.64. The van der Waals surface area contributed by atoms with Crippen LogP contribution >= 0.6 is 11.8 Å². The lowest BCUT2D eigenvalue weighted by atomic mass is 10.1. The van der Waals surface area contributed by atoms with Crippen LogP contribution in [0.4, 0.5) is 5.69 Å². The van der Waals surface area contributed by atoms with Gasteiger partial charge in [0.15, 0.2) is 0 Å². The lowest BCUT2D eigenvalue weighted by Crippen LogP contribution is -2.35. The number of anilines is 1. The Kier molecular flexibility index (Phi) is 7.15. The molecule has 0 bridgehead atoms. The van der Waals surface area contributed by atoms with E-state index in [1.54, 1.807) is 40.3 Å². The lowest BCUT2D eigenvalue weighted by molar-refractivity contribution is -0.116. The molecule has 5 nitrogen and oxygen atoms in total. The quantitative estimate of drug-likeness (QED) is 0.686. The first-order valence-corrected chi connectivity index (χ1v) is 12.2. The monoisotopic (exact) mass is 418 g/mol. The highest BCUT2D eigenvalue weighted by Gasteiger charge is 2.25. The summed E-state index contributed by atoms with van der Waals surface area (Å²) in [6.45, 7) is 1.20. The summed E-state index contributed by atoms with van der Waals surface area (Å²) >= 11 is 1.59. The summed E-state index contributed by atoms with van der Waals surface area (Å²) in [6, 6.07) is 14.6. The second kappa shape index (κ2) is 9.58. The van der Waals surface area contributed by atoms with E-state index in [0.29, 0.717) is 30.8 Å². The summed E-state index contributed by atoms with van der Waals surface area (Å²) in [5, 5.41) is 2.95. The van der Waals surface area contributed by atoms with E-state index in [1.165, 1.54) is 0 Å². The molecule has 0 spiro atoms. The number of hydrogen-bond acceptors (Lipinski definition) is 4. The first-order valence-electron chi connectivity index (χ1n) is 9.52. The predicted molar refractivity (Wildman–Crippen MR) is 114 cm³/mol. The Morgan fingerprint density at radius 2 is 1.71 bits per heavy atom. The molecule has 0 radical (unpaired) electrons. The Bertz CT molecular complexity index is 906. The van der Waals surface area contributed by atoms with E-state index in [9.17, 15) is 13.2 Å². The minimum Gasteiger partial charge on any atom is -0.325 e. The Balaban J connectivity index is 1.57. The van der Waals surface area contributed by atoms with Crippen molar-refractivity contribution in [2.24, 2.45) is 0 Å². The van der Waals surface area contributed by atoms with Crippen molar-refractivity contribution in [1.82, 2.24) is 4.31 Å². The largest absolute Gasteiger partial charge is 0.325 e. The van der Waals surface area contributed by atoms with Gasteiger partial charge in [0.2, 0.25) is 15.9 Å². The van der Waals surface area contributed by atoms with Crippen LogP contribution in [0.25, 0.3) is 0 Å². The van der Waals surface area contributed by atoms with Crippen molar-refractivity contribution in [3.8, 4) is 0 Å². The number of para-hydroxylation sites is 1. The Morgan fingerprint density at radius 1 is 1.04 bits per heavy atom. The van der Waals surface area contributed by atoms with Gasteiger partial charge in [0.25, 0.3) is 0 Å². The average Bonchev–Trinajstić information content (AvgIpc) is 2.73. The lowest BCUT2D eigenvalue weighted by Gasteiger charge is -2.25. The van der Waals surface area contributed by atoms with Crippen LogP contribution in [0.15, 0.2) is 58.3 Å². The van der Waals surface area contributed by atoms with Crippen LogP contribution in [0.1, 0.15) is 31.2 Å². The van der Waals surface area contributed by atoms with Gasteiger partial charge < -0.3 is 5.32 Å². The van der Waals surface area contributed by atoms with Crippen LogP contribution < -0.4 is 5.32 Å². The first kappa shape index (κ1) is 20.9. The normalized spacial score (nSPS) is 15.3. The van der Waals surface area contributed by atoms with E-state index < -0.39 is 10.0 Å². The summed E-state index contributed by atoms with van der Waals surface area (Å²) in [7, 11) is -3.41. The van der Waals surface area contributed by atoms with Gasteiger partial charge >= 0.3 is 0 Å². The summed E-state index contributed by atoms with van der Waals surface area (Å²) in [4.78, 5) is 13.6. The molecule has 1 aliphatic heterocycles. The molecule has 3 rings (SSSR count). The minimum absolute atomic E-state index is 0.0495. The number of benzene rings is 2. The molecule has 2 aromatic carbocycles. The van der Waals surface area contributed by atoms with Gasteiger partial charge in [-0.2, -0.15) is 4.31 Å². The maximum Gasteiger partial charge on any atom is 0.243 e. The number of nitrogens with zero attached hydrogens (tertiary/aromatic N) is 1. The van der Waals surface area contributed by atoms with E-state index in [-0.39, 0.29) is 5.91 Å². The van der Waals surface area contributed by atoms with Crippen molar-refractivity contribution in [2.75, 3.05) is 24.7 Å². The second-order valence-electron chi connectivity index (χ2n) is 6.86. The van der Waals surface area contributed by atoms with Gasteiger partial charge in [-0.25, -0.2) is 8.42 Å². The van der Waals surface area contributed by atoms with E-state index in [1.807, 2.05) is 30.5 Å². The number of carbonyl (C=O) groups excluding carboxylic acids is 1. The van der Waals surface area contributed by atoms with Crippen molar-refractivity contribution in [3.63, 3.8) is 0 Å². The molecule has 0 atom stereocenters. The molecule has 1 aliphatic rings. The van der Waals surface area contributed by atoms with Crippen molar-refractivity contribution >= 4 is 33.4 Å². The van der Waals surface area contributed by atoms with Gasteiger partial charge in [-0.05, 0) is 55.3 Å². The SMILES string of the molecule is CSc1ccccc1NC(=O)CCc1ccc(S(=O)(=O)N2CCCCC2)cc1. The molecular weight excluding hydrogens is 392 g/mol. The Morgan fingerprint density at radius 3 is 2.39 bits per heavy atom. The standard InChI is InChI=1S/C21H26N2O3S2/c1-27-20-8-4-3-7-19(20)22-21(24)14-11-17-9-12-18(13-10-17)28(25,26)23-15-5-2-6-16-23/h3-4,7-10,12-13H,2,5-6,11,14-16H2,1H3,(H,22,24). The summed E-state index contributed by atoms with van der Waals surface area (Å²) in [5.41, 5.74) is 1.77. The zero-order valence-electron chi connectivity index (χ0n) is 16.1. The number of rotatable bonds is 7. The van der Waals surface area contributed by atoms with Crippen LogP contribution in [0, 0.1) is 0 Å². The van der Waals surface area contributed by atoms with E-state index in [4.69, 9.17) is 0 Å². The van der Waals surface area contributed by atoms with Crippen LogP contribution in [0.3, 0.4) is 0 Å². The fraction of sp³-hybridized carbons (Fsp3) is 0.381. The third-order valence-corrected chi connectivity index (χ3v) is 7.61. The first-order chi connectivity index (χ1) is 13.5. The van der Waals surface area contributed by atoms with Gasteiger partial charge in [-0.3, -0.25) is 4.79 Å². The molecule has 7 heteroatoms. The highest BCUT2D eigenvalue weighted by molar-refractivity contribution is 7.98. The molecule has 0 unspecified atom stereocenters. The fourth-order valence-electron chi connectivity index (χ4n) is 3.30. The minimum atomic E-state index is -3.41. The van der Waals surface area contributed by atoms with Crippen molar-refractivity contribution in [2.45, 2.75) is 41.9 Å².